The van der Waals surface area contributed by atoms with Crippen LogP contribution >= 0.6 is 24.0 Å². The van der Waals surface area contributed by atoms with Crippen LogP contribution < -0.4 is 0 Å². The van der Waals surface area contributed by atoms with Gasteiger partial charge in [0, 0.05) is 44.6 Å². The van der Waals surface area contributed by atoms with Crippen LogP contribution in [0.25, 0.3) is 0 Å². The number of hydrogen-bond acceptors (Lipinski definition) is 2. The summed E-state index contributed by atoms with van der Waals surface area (Å²) in [6, 6.07) is 0.900. The van der Waals surface area contributed by atoms with Crippen molar-refractivity contribution >= 4 is 24.0 Å². The first-order valence-electron chi connectivity index (χ1n) is 6.42. The van der Waals surface area contributed by atoms with E-state index < -0.39 is 0 Å². The third kappa shape index (κ3) is 4.06. The number of rotatable bonds is 3. The van der Waals surface area contributed by atoms with E-state index in [2.05, 4.69) is 9.80 Å². The van der Waals surface area contributed by atoms with E-state index in [9.17, 15) is 0 Å². The maximum Gasteiger partial charge on any atom is 0.0351 e. The molecular weight excluding hydrogens is 243 g/mol. The van der Waals surface area contributed by atoms with Gasteiger partial charge in [-0.25, -0.2) is 0 Å². The molecule has 1 heterocycles. The standard InChI is InChI=1S/C12H23ClN2.ClH/c13-6-7-14-8-10-15(11-9-14)12-4-2-1-3-5-12;/h12H,1-11H2;1H. The Bertz CT molecular complexity index is 176. The second-order valence-corrected chi connectivity index (χ2v) is 5.24. The van der Waals surface area contributed by atoms with Gasteiger partial charge in [0.05, 0.1) is 0 Å². The lowest BCUT2D eigenvalue weighted by molar-refractivity contribution is 0.0821. The van der Waals surface area contributed by atoms with Gasteiger partial charge in [-0.15, -0.1) is 24.0 Å². The van der Waals surface area contributed by atoms with Crippen LogP contribution in [0.15, 0.2) is 0 Å². The molecule has 0 aromatic carbocycles. The van der Waals surface area contributed by atoms with Crippen LogP contribution in [0.4, 0.5) is 0 Å². The van der Waals surface area contributed by atoms with Gasteiger partial charge < -0.3 is 0 Å². The van der Waals surface area contributed by atoms with Gasteiger partial charge >= 0.3 is 0 Å². The molecule has 2 rings (SSSR count). The van der Waals surface area contributed by atoms with Gasteiger partial charge in [0.2, 0.25) is 0 Å². The molecule has 2 nitrogen and oxygen atoms in total. The van der Waals surface area contributed by atoms with Crippen molar-refractivity contribution in [1.82, 2.24) is 9.80 Å². The number of hydrogen-bond donors (Lipinski definition) is 0. The van der Waals surface area contributed by atoms with Gasteiger partial charge in [-0.3, -0.25) is 9.80 Å². The minimum Gasteiger partial charge on any atom is -0.300 e. The van der Waals surface area contributed by atoms with Crippen LogP contribution in [-0.2, 0) is 0 Å². The zero-order valence-electron chi connectivity index (χ0n) is 10.0. The molecular formula is C12H24Cl2N2. The van der Waals surface area contributed by atoms with Crippen LogP contribution in [0.5, 0.6) is 0 Å². The second-order valence-electron chi connectivity index (χ2n) is 4.86. The summed E-state index contributed by atoms with van der Waals surface area (Å²) in [5, 5.41) is 0. The molecule has 1 saturated heterocycles. The maximum atomic E-state index is 5.76. The Balaban J connectivity index is 0.00000128. The van der Waals surface area contributed by atoms with Crippen LogP contribution in [0.1, 0.15) is 32.1 Å². The van der Waals surface area contributed by atoms with Crippen LogP contribution in [0.2, 0.25) is 0 Å². The number of nitrogens with zero attached hydrogens (tertiary/aromatic N) is 2. The number of piperazine rings is 1. The quantitative estimate of drug-likeness (QED) is 0.725. The van der Waals surface area contributed by atoms with E-state index in [4.69, 9.17) is 11.6 Å². The van der Waals surface area contributed by atoms with Crippen molar-refractivity contribution in [3.05, 3.63) is 0 Å². The molecule has 0 bridgehead atoms. The molecule has 1 saturated carbocycles. The van der Waals surface area contributed by atoms with Gasteiger partial charge in [0.15, 0.2) is 0 Å². The topological polar surface area (TPSA) is 6.48 Å². The number of halogens is 2. The average molecular weight is 267 g/mol. The Labute approximate surface area is 111 Å². The Hall–Kier alpha value is 0.500. The summed E-state index contributed by atoms with van der Waals surface area (Å²) < 4.78 is 0. The summed E-state index contributed by atoms with van der Waals surface area (Å²) in [6.07, 6.45) is 7.24. The fraction of sp³-hybridized carbons (Fsp3) is 1.00. The fourth-order valence-corrected chi connectivity index (χ4v) is 3.16. The molecule has 1 aliphatic heterocycles. The molecule has 0 spiro atoms. The summed E-state index contributed by atoms with van der Waals surface area (Å²) >= 11 is 5.76. The lowest BCUT2D eigenvalue weighted by atomic mass is 9.94. The number of alkyl halides is 1. The third-order valence-electron chi connectivity index (χ3n) is 3.90. The first-order valence-corrected chi connectivity index (χ1v) is 6.96. The molecule has 0 unspecified atom stereocenters. The highest BCUT2D eigenvalue weighted by Crippen LogP contribution is 2.23. The van der Waals surface area contributed by atoms with Crippen molar-refractivity contribution in [2.45, 2.75) is 38.1 Å². The second kappa shape index (κ2) is 7.75. The van der Waals surface area contributed by atoms with Crippen molar-refractivity contribution in [2.24, 2.45) is 0 Å². The minimum absolute atomic E-state index is 0. The largest absolute Gasteiger partial charge is 0.300 e. The molecule has 0 atom stereocenters. The molecule has 2 fully saturated rings. The lowest BCUT2D eigenvalue weighted by Crippen LogP contribution is -2.51. The Kier molecular flexibility index (Phi) is 7.06. The molecule has 0 amide bonds. The highest BCUT2D eigenvalue weighted by Gasteiger charge is 2.24. The normalized spacial score (nSPS) is 25.3. The predicted octanol–water partition coefficient (Wildman–Crippen LogP) is 2.60. The summed E-state index contributed by atoms with van der Waals surface area (Å²) in [5.74, 6) is 0.781. The summed E-state index contributed by atoms with van der Waals surface area (Å²) in [7, 11) is 0. The van der Waals surface area contributed by atoms with Crippen molar-refractivity contribution in [3.63, 3.8) is 0 Å². The van der Waals surface area contributed by atoms with Gasteiger partial charge in [-0.1, -0.05) is 19.3 Å². The zero-order chi connectivity index (χ0) is 10.5. The molecule has 16 heavy (non-hydrogen) atoms. The van der Waals surface area contributed by atoms with Crippen molar-refractivity contribution in [2.75, 3.05) is 38.6 Å². The van der Waals surface area contributed by atoms with E-state index in [1.807, 2.05) is 0 Å². The third-order valence-corrected chi connectivity index (χ3v) is 4.07. The van der Waals surface area contributed by atoms with Crippen LogP contribution in [0.3, 0.4) is 0 Å². The fourth-order valence-electron chi connectivity index (χ4n) is 2.92. The van der Waals surface area contributed by atoms with Crippen LogP contribution in [0, 0.1) is 0 Å². The summed E-state index contributed by atoms with van der Waals surface area (Å²) in [4.78, 5) is 5.20. The van der Waals surface area contributed by atoms with Crippen molar-refractivity contribution < 1.29 is 0 Å². The van der Waals surface area contributed by atoms with Crippen LogP contribution in [-0.4, -0.2) is 54.4 Å². The molecule has 0 aromatic heterocycles. The Morgan fingerprint density at radius 2 is 1.56 bits per heavy atom. The maximum absolute atomic E-state index is 5.76. The average Bonchev–Trinajstić information content (AvgIpc) is 2.32. The van der Waals surface area contributed by atoms with E-state index in [0.717, 1.165) is 18.5 Å². The van der Waals surface area contributed by atoms with Gasteiger partial charge in [-0.05, 0) is 12.8 Å². The smallest absolute Gasteiger partial charge is 0.0351 e. The van der Waals surface area contributed by atoms with Gasteiger partial charge in [0.25, 0.3) is 0 Å². The van der Waals surface area contributed by atoms with E-state index >= 15 is 0 Å². The summed E-state index contributed by atoms with van der Waals surface area (Å²) in [5.41, 5.74) is 0. The predicted molar refractivity (Wildman–Crippen MR) is 72.9 cm³/mol. The van der Waals surface area contributed by atoms with E-state index in [1.165, 1.54) is 58.3 Å². The first-order chi connectivity index (χ1) is 7.40. The highest BCUT2D eigenvalue weighted by atomic mass is 35.5. The van der Waals surface area contributed by atoms with Gasteiger partial charge in [0.1, 0.15) is 0 Å². The zero-order valence-corrected chi connectivity index (χ0v) is 11.6. The van der Waals surface area contributed by atoms with E-state index in [1.54, 1.807) is 0 Å². The molecule has 0 aromatic rings. The monoisotopic (exact) mass is 266 g/mol. The Morgan fingerprint density at radius 3 is 2.12 bits per heavy atom. The summed E-state index contributed by atoms with van der Waals surface area (Å²) in [6.45, 7) is 6.05. The molecule has 96 valence electrons. The highest BCUT2D eigenvalue weighted by molar-refractivity contribution is 6.18. The minimum atomic E-state index is 0. The van der Waals surface area contributed by atoms with E-state index in [0.29, 0.717) is 0 Å². The molecule has 0 radical (unpaired) electrons. The van der Waals surface area contributed by atoms with E-state index in [-0.39, 0.29) is 12.4 Å². The SMILES string of the molecule is Cl.ClCCN1CCN(C2CCCCC2)CC1. The first kappa shape index (κ1) is 14.6. The molecule has 1 aliphatic carbocycles. The molecule has 2 aliphatic rings. The van der Waals surface area contributed by atoms with Crippen molar-refractivity contribution in [3.8, 4) is 0 Å². The molecule has 4 heteroatoms. The lowest BCUT2D eigenvalue weighted by Gasteiger charge is -2.40. The van der Waals surface area contributed by atoms with Gasteiger partial charge in [-0.2, -0.15) is 0 Å². The van der Waals surface area contributed by atoms with Crippen molar-refractivity contribution in [1.29, 1.82) is 0 Å². The molecule has 0 N–H and O–H groups in total. The Morgan fingerprint density at radius 1 is 0.938 bits per heavy atom.